The Balaban J connectivity index is 4.67. The molecule has 3 atom stereocenters. The van der Waals surface area contributed by atoms with Crippen LogP contribution < -0.4 is 0 Å². The fraction of sp³-hybridized carbons (Fsp3) is 0.727. The van der Waals surface area contributed by atoms with Crippen molar-refractivity contribution in [3.05, 3.63) is 0 Å². The van der Waals surface area contributed by atoms with E-state index in [9.17, 15) is 24.6 Å². The predicted octanol–water partition coefficient (Wildman–Crippen LogP) is -1.23. The summed E-state index contributed by atoms with van der Waals surface area (Å²) in [5.41, 5.74) is 0. The summed E-state index contributed by atoms with van der Waals surface area (Å²) in [6, 6.07) is 0. The summed E-state index contributed by atoms with van der Waals surface area (Å²) in [5.74, 6) is -2.47. The Bertz CT molecular complexity index is 327. The molecule has 0 aromatic carbocycles. The Morgan fingerprint density at radius 1 is 1.05 bits per heavy atom. The lowest BCUT2D eigenvalue weighted by atomic mass is 10.1. The smallest absolute Gasteiger partial charge is 0.337 e. The van der Waals surface area contributed by atoms with Crippen molar-refractivity contribution < 1.29 is 38.8 Å². The van der Waals surface area contributed by atoms with E-state index in [2.05, 4.69) is 14.2 Å². The first-order valence-electron chi connectivity index (χ1n) is 5.62. The van der Waals surface area contributed by atoms with Gasteiger partial charge in [-0.15, -0.1) is 0 Å². The van der Waals surface area contributed by atoms with Crippen molar-refractivity contribution in [2.45, 2.75) is 39.1 Å². The average molecular weight is 278 g/mol. The standard InChI is InChI=1S/C11H18O8/c1-4-17-11(16)10(15)9(14)8(19-7(3)13)5-18-6(2)12/h8-10,14-15H,4-5H2,1-3H3/t8-,9+,10-/m1/s1. The van der Waals surface area contributed by atoms with Gasteiger partial charge in [0.2, 0.25) is 0 Å². The van der Waals surface area contributed by atoms with E-state index in [0.717, 1.165) is 13.8 Å². The zero-order valence-electron chi connectivity index (χ0n) is 11.0. The molecule has 8 heteroatoms. The molecule has 0 unspecified atom stereocenters. The second-order valence-electron chi connectivity index (χ2n) is 3.64. The molecule has 110 valence electrons. The maximum atomic E-state index is 11.2. The van der Waals surface area contributed by atoms with Gasteiger partial charge in [-0.25, -0.2) is 4.79 Å². The molecule has 8 nitrogen and oxygen atoms in total. The van der Waals surface area contributed by atoms with Gasteiger partial charge < -0.3 is 24.4 Å². The normalized spacial score (nSPS) is 15.0. The van der Waals surface area contributed by atoms with Crippen LogP contribution in [0.4, 0.5) is 0 Å². The summed E-state index contributed by atoms with van der Waals surface area (Å²) in [5, 5.41) is 19.2. The molecule has 0 aliphatic rings. The molecule has 0 aliphatic carbocycles. The van der Waals surface area contributed by atoms with Gasteiger partial charge in [0.15, 0.2) is 12.2 Å². The van der Waals surface area contributed by atoms with Gasteiger partial charge in [0.1, 0.15) is 12.7 Å². The summed E-state index contributed by atoms with van der Waals surface area (Å²) in [6.07, 6.45) is -5.03. The molecule has 0 bridgehead atoms. The highest BCUT2D eigenvalue weighted by molar-refractivity contribution is 5.75. The number of aliphatic hydroxyl groups is 2. The molecule has 19 heavy (non-hydrogen) atoms. The summed E-state index contributed by atoms with van der Waals surface area (Å²) >= 11 is 0. The fourth-order valence-corrected chi connectivity index (χ4v) is 1.19. The van der Waals surface area contributed by atoms with E-state index in [1.807, 2.05) is 0 Å². The SMILES string of the molecule is CCOC(=O)[C@H](O)[C@@H](O)[C@@H](COC(C)=O)OC(C)=O. The third kappa shape index (κ3) is 6.73. The van der Waals surface area contributed by atoms with Crippen LogP contribution in [0, 0.1) is 0 Å². The van der Waals surface area contributed by atoms with E-state index in [1.54, 1.807) is 0 Å². The third-order valence-electron chi connectivity index (χ3n) is 2.00. The van der Waals surface area contributed by atoms with E-state index in [4.69, 9.17) is 0 Å². The van der Waals surface area contributed by atoms with Crippen LogP contribution in [0.5, 0.6) is 0 Å². The highest BCUT2D eigenvalue weighted by Gasteiger charge is 2.35. The maximum absolute atomic E-state index is 11.2. The van der Waals surface area contributed by atoms with Crippen molar-refractivity contribution in [3.8, 4) is 0 Å². The van der Waals surface area contributed by atoms with E-state index in [0.29, 0.717) is 0 Å². The molecule has 2 N–H and O–H groups in total. The average Bonchev–Trinajstić information content (AvgIpc) is 2.32. The molecule has 0 spiro atoms. The Kier molecular flexibility index (Phi) is 7.69. The highest BCUT2D eigenvalue weighted by Crippen LogP contribution is 2.08. The minimum Gasteiger partial charge on any atom is -0.464 e. The lowest BCUT2D eigenvalue weighted by molar-refractivity contribution is -0.179. The maximum Gasteiger partial charge on any atom is 0.337 e. The van der Waals surface area contributed by atoms with Crippen molar-refractivity contribution in [1.82, 2.24) is 0 Å². The molecule has 0 aromatic rings. The molecule has 0 amide bonds. The lowest BCUT2D eigenvalue weighted by Crippen LogP contribution is -2.47. The van der Waals surface area contributed by atoms with Crippen LogP contribution in [-0.2, 0) is 28.6 Å². The van der Waals surface area contributed by atoms with E-state index < -0.39 is 42.8 Å². The molecular weight excluding hydrogens is 260 g/mol. The van der Waals surface area contributed by atoms with Crippen LogP contribution in [0.1, 0.15) is 20.8 Å². The fourth-order valence-electron chi connectivity index (χ4n) is 1.19. The minimum atomic E-state index is -1.90. The second-order valence-corrected chi connectivity index (χ2v) is 3.64. The van der Waals surface area contributed by atoms with Crippen molar-refractivity contribution >= 4 is 17.9 Å². The van der Waals surface area contributed by atoms with Gasteiger partial charge in [0.05, 0.1) is 6.61 Å². The van der Waals surface area contributed by atoms with Crippen LogP contribution in [0.25, 0.3) is 0 Å². The molecule has 0 saturated carbocycles. The van der Waals surface area contributed by atoms with Crippen LogP contribution >= 0.6 is 0 Å². The Hall–Kier alpha value is -1.67. The third-order valence-corrected chi connectivity index (χ3v) is 2.00. The lowest BCUT2D eigenvalue weighted by Gasteiger charge is -2.24. The number of hydrogen-bond donors (Lipinski definition) is 2. The summed E-state index contributed by atoms with van der Waals surface area (Å²) in [7, 11) is 0. The Labute approximate surface area is 110 Å². The Morgan fingerprint density at radius 3 is 2.05 bits per heavy atom. The number of carbonyl (C=O) groups is 3. The van der Waals surface area contributed by atoms with Crippen molar-refractivity contribution in [3.63, 3.8) is 0 Å². The van der Waals surface area contributed by atoms with Gasteiger partial charge in [0.25, 0.3) is 0 Å². The first-order chi connectivity index (χ1) is 8.79. The van der Waals surface area contributed by atoms with Crippen LogP contribution in [0.3, 0.4) is 0 Å². The van der Waals surface area contributed by atoms with Gasteiger partial charge in [-0.05, 0) is 6.92 Å². The van der Waals surface area contributed by atoms with Crippen molar-refractivity contribution in [2.75, 3.05) is 13.2 Å². The first kappa shape index (κ1) is 17.3. The van der Waals surface area contributed by atoms with Gasteiger partial charge in [-0.1, -0.05) is 0 Å². The number of aliphatic hydroxyl groups excluding tert-OH is 2. The van der Waals surface area contributed by atoms with Crippen LogP contribution in [0.15, 0.2) is 0 Å². The minimum absolute atomic E-state index is 0.0186. The summed E-state index contributed by atoms with van der Waals surface area (Å²) < 4.78 is 13.8. The van der Waals surface area contributed by atoms with E-state index in [-0.39, 0.29) is 6.61 Å². The number of carbonyl (C=O) groups excluding carboxylic acids is 3. The van der Waals surface area contributed by atoms with E-state index >= 15 is 0 Å². The quantitative estimate of drug-likeness (QED) is 0.438. The zero-order valence-corrected chi connectivity index (χ0v) is 11.0. The molecule has 0 aromatic heterocycles. The van der Waals surface area contributed by atoms with Gasteiger partial charge in [-0.2, -0.15) is 0 Å². The number of hydrogen-bond acceptors (Lipinski definition) is 8. The predicted molar refractivity (Wildman–Crippen MR) is 60.8 cm³/mol. The zero-order chi connectivity index (χ0) is 15.0. The molecule has 0 heterocycles. The summed E-state index contributed by atoms with van der Waals surface area (Å²) in [4.78, 5) is 32.7. The molecule has 0 radical (unpaired) electrons. The largest absolute Gasteiger partial charge is 0.464 e. The molecular formula is C11H18O8. The van der Waals surface area contributed by atoms with Gasteiger partial charge in [0, 0.05) is 13.8 Å². The van der Waals surface area contributed by atoms with Gasteiger partial charge in [-0.3, -0.25) is 9.59 Å². The van der Waals surface area contributed by atoms with E-state index in [1.165, 1.54) is 6.92 Å². The monoisotopic (exact) mass is 278 g/mol. The van der Waals surface area contributed by atoms with Crippen molar-refractivity contribution in [1.29, 1.82) is 0 Å². The molecule has 0 aliphatic heterocycles. The summed E-state index contributed by atoms with van der Waals surface area (Å²) in [6.45, 7) is 3.26. The Morgan fingerprint density at radius 2 is 1.63 bits per heavy atom. The molecule has 0 fully saturated rings. The topological polar surface area (TPSA) is 119 Å². The number of rotatable bonds is 7. The second kappa shape index (κ2) is 8.44. The van der Waals surface area contributed by atoms with Crippen molar-refractivity contribution in [2.24, 2.45) is 0 Å². The van der Waals surface area contributed by atoms with Crippen LogP contribution in [-0.4, -0.2) is 59.6 Å². The first-order valence-corrected chi connectivity index (χ1v) is 5.62. The molecule has 0 rings (SSSR count). The molecule has 0 saturated heterocycles. The van der Waals surface area contributed by atoms with Crippen LogP contribution in [0.2, 0.25) is 0 Å². The highest BCUT2D eigenvalue weighted by atomic mass is 16.6. The number of ether oxygens (including phenoxy) is 3. The number of esters is 3. The van der Waals surface area contributed by atoms with Gasteiger partial charge >= 0.3 is 17.9 Å².